The fraction of sp³-hybridized carbons (Fsp3) is 0.125. The molecular formula is C16H12BrFN2O. The average molecular weight is 347 g/mol. The highest BCUT2D eigenvalue weighted by Crippen LogP contribution is 2.25. The number of hydrogen-bond donors (Lipinski definition) is 1. The Morgan fingerprint density at radius 2 is 1.95 bits per heavy atom. The molecule has 1 unspecified atom stereocenters. The van der Waals surface area contributed by atoms with E-state index in [2.05, 4.69) is 21.2 Å². The third-order valence-electron chi connectivity index (χ3n) is 2.97. The summed E-state index contributed by atoms with van der Waals surface area (Å²) in [6.45, 7) is 0. The van der Waals surface area contributed by atoms with Gasteiger partial charge in [0.2, 0.25) is 5.91 Å². The molecule has 1 N–H and O–H groups in total. The van der Waals surface area contributed by atoms with Crippen LogP contribution in [0.5, 0.6) is 0 Å². The van der Waals surface area contributed by atoms with Gasteiger partial charge in [-0.15, -0.1) is 0 Å². The van der Waals surface area contributed by atoms with Crippen LogP contribution in [0.2, 0.25) is 0 Å². The molecular weight excluding hydrogens is 335 g/mol. The number of halogens is 2. The standard InChI is InChI=1S/C16H12BrFN2O/c17-13-7-4-8-14(18)15(13)20-16(21)12(10-19)9-11-5-2-1-3-6-11/h1-8,12H,9H2,(H,20,21). The van der Waals surface area contributed by atoms with Crippen molar-refractivity contribution in [2.75, 3.05) is 5.32 Å². The quantitative estimate of drug-likeness (QED) is 0.912. The van der Waals surface area contributed by atoms with Crippen molar-refractivity contribution in [3.8, 4) is 6.07 Å². The van der Waals surface area contributed by atoms with Crippen LogP contribution in [-0.2, 0) is 11.2 Å². The molecule has 3 nitrogen and oxygen atoms in total. The molecule has 0 aromatic heterocycles. The molecule has 0 saturated heterocycles. The number of hydrogen-bond acceptors (Lipinski definition) is 2. The summed E-state index contributed by atoms with van der Waals surface area (Å²) in [5.41, 5.74) is 0.933. The molecule has 0 aliphatic carbocycles. The van der Waals surface area contributed by atoms with Crippen LogP contribution in [-0.4, -0.2) is 5.91 Å². The minimum Gasteiger partial charge on any atom is -0.322 e. The second kappa shape index (κ2) is 7.00. The van der Waals surface area contributed by atoms with Gasteiger partial charge >= 0.3 is 0 Å². The summed E-state index contributed by atoms with van der Waals surface area (Å²) >= 11 is 3.18. The zero-order valence-electron chi connectivity index (χ0n) is 11.0. The van der Waals surface area contributed by atoms with Crippen LogP contribution >= 0.6 is 15.9 Å². The van der Waals surface area contributed by atoms with Gasteiger partial charge < -0.3 is 5.32 Å². The van der Waals surface area contributed by atoms with Crippen LogP contribution in [0.15, 0.2) is 53.0 Å². The fourth-order valence-corrected chi connectivity index (χ4v) is 2.32. The summed E-state index contributed by atoms with van der Waals surface area (Å²) in [7, 11) is 0. The molecule has 2 aromatic carbocycles. The molecule has 0 radical (unpaired) electrons. The van der Waals surface area contributed by atoms with Crippen molar-refractivity contribution in [2.45, 2.75) is 6.42 Å². The highest BCUT2D eigenvalue weighted by molar-refractivity contribution is 9.10. The number of anilines is 1. The summed E-state index contributed by atoms with van der Waals surface area (Å²) in [4.78, 5) is 12.1. The van der Waals surface area contributed by atoms with E-state index in [0.717, 1.165) is 5.56 Å². The summed E-state index contributed by atoms with van der Waals surface area (Å²) in [6.07, 6.45) is 0.287. The molecule has 2 aromatic rings. The van der Waals surface area contributed by atoms with Gasteiger partial charge in [0.05, 0.1) is 11.8 Å². The molecule has 2 rings (SSSR count). The largest absolute Gasteiger partial charge is 0.322 e. The Kier molecular flexibility index (Phi) is 5.07. The SMILES string of the molecule is N#CC(Cc1ccccc1)C(=O)Nc1c(F)cccc1Br. The van der Waals surface area contributed by atoms with Crippen molar-refractivity contribution in [3.63, 3.8) is 0 Å². The molecule has 0 aliphatic rings. The Morgan fingerprint density at radius 1 is 1.24 bits per heavy atom. The third-order valence-corrected chi connectivity index (χ3v) is 3.63. The summed E-state index contributed by atoms with van der Waals surface area (Å²) in [5, 5.41) is 11.6. The zero-order valence-corrected chi connectivity index (χ0v) is 12.6. The Bertz CT molecular complexity index is 662. The molecule has 0 bridgehead atoms. The summed E-state index contributed by atoms with van der Waals surface area (Å²) in [5.74, 6) is -1.94. The van der Waals surface area contributed by atoms with Crippen LogP contribution in [0, 0.1) is 23.1 Å². The van der Waals surface area contributed by atoms with Crippen molar-refractivity contribution < 1.29 is 9.18 Å². The van der Waals surface area contributed by atoms with E-state index in [1.54, 1.807) is 6.07 Å². The number of para-hydroxylation sites is 1. The van der Waals surface area contributed by atoms with E-state index >= 15 is 0 Å². The molecule has 0 spiro atoms. The monoisotopic (exact) mass is 346 g/mol. The number of carbonyl (C=O) groups is 1. The minimum atomic E-state index is -0.876. The Morgan fingerprint density at radius 3 is 2.57 bits per heavy atom. The molecule has 1 amide bonds. The van der Waals surface area contributed by atoms with Crippen LogP contribution < -0.4 is 5.32 Å². The van der Waals surface area contributed by atoms with Crippen molar-refractivity contribution in [1.82, 2.24) is 0 Å². The van der Waals surface area contributed by atoms with E-state index in [1.807, 2.05) is 36.4 Å². The normalized spacial score (nSPS) is 11.5. The highest BCUT2D eigenvalue weighted by atomic mass is 79.9. The third kappa shape index (κ3) is 3.89. The number of carbonyl (C=O) groups excluding carboxylic acids is 1. The van der Waals surface area contributed by atoms with Gasteiger partial charge in [0.15, 0.2) is 0 Å². The van der Waals surface area contributed by atoms with Crippen molar-refractivity contribution >= 4 is 27.5 Å². The van der Waals surface area contributed by atoms with E-state index in [4.69, 9.17) is 5.26 Å². The first-order valence-electron chi connectivity index (χ1n) is 6.30. The predicted octanol–water partition coefficient (Wildman–Crippen LogP) is 3.91. The lowest BCUT2D eigenvalue weighted by Crippen LogP contribution is -2.24. The molecule has 106 valence electrons. The number of nitrogens with one attached hydrogen (secondary N) is 1. The minimum absolute atomic E-state index is 0.0517. The zero-order chi connectivity index (χ0) is 15.2. The van der Waals surface area contributed by atoms with Crippen LogP contribution in [0.4, 0.5) is 10.1 Å². The first-order chi connectivity index (χ1) is 10.1. The fourth-order valence-electron chi connectivity index (χ4n) is 1.87. The van der Waals surface area contributed by atoms with Gasteiger partial charge in [0.25, 0.3) is 0 Å². The first-order valence-corrected chi connectivity index (χ1v) is 7.09. The second-order valence-corrected chi connectivity index (χ2v) is 5.31. The van der Waals surface area contributed by atoms with Crippen LogP contribution in [0.25, 0.3) is 0 Å². The smallest absolute Gasteiger partial charge is 0.242 e. The highest BCUT2D eigenvalue weighted by Gasteiger charge is 2.20. The van der Waals surface area contributed by atoms with Gasteiger partial charge in [0, 0.05) is 4.47 Å². The average Bonchev–Trinajstić information content (AvgIpc) is 2.49. The van der Waals surface area contributed by atoms with E-state index in [0.29, 0.717) is 4.47 Å². The summed E-state index contributed by atoms with van der Waals surface area (Å²) in [6, 6.07) is 15.6. The van der Waals surface area contributed by atoms with E-state index < -0.39 is 17.6 Å². The lowest BCUT2D eigenvalue weighted by molar-refractivity contribution is -0.118. The number of nitriles is 1. The Hall–Kier alpha value is -2.19. The molecule has 5 heteroatoms. The Balaban J connectivity index is 2.13. The number of benzene rings is 2. The predicted molar refractivity (Wildman–Crippen MR) is 82.0 cm³/mol. The maximum Gasteiger partial charge on any atom is 0.242 e. The van der Waals surface area contributed by atoms with Crippen molar-refractivity contribution in [2.24, 2.45) is 5.92 Å². The Labute approximate surface area is 130 Å². The van der Waals surface area contributed by atoms with Gasteiger partial charge in [-0.25, -0.2) is 4.39 Å². The van der Waals surface area contributed by atoms with Gasteiger partial charge in [-0.05, 0) is 40.0 Å². The molecule has 0 saturated carbocycles. The van der Waals surface area contributed by atoms with Gasteiger partial charge in [0.1, 0.15) is 11.7 Å². The van der Waals surface area contributed by atoms with Crippen LogP contribution in [0.3, 0.4) is 0 Å². The van der Waals surface area contributed by atoms with Gasteiger partial charge in [-0.1, -0.05) is 36.4 Å². The lowest BCUT2D eigenvalue weighted by Gasteiger charge is -2.12. The molecule has 0 fully saturated rings. The second-order valence-electron chi connectivity index (χ2n) is 4.46. The molecule has 21 heavy (non-hydrogen) atoms. The van der Waals surface area contributed by atoms with Crippen molar-refractivity contribution in [3.05, 3.63) is 64.4 Å². The lowest BCUT2D eigenvalue weighted by atomic mass is 10.00. The number of nitrogens with zero attached hydrogens (tertiary/aromatic N) is 1. The topological polar surface area (TPSA) is 52.9 Å². The number of amides is 1. The molecule has 1 atom stereocenters. The van der Waals surface area contributed by atoms with Crippen LogP contribution in [0.1, 0.15) is 5.56 Å². The van der Waals surface area contributed by atoms with Crippen molar-refractivity contribution in [1.29, 1.82) is 5.26 Å². The maximum atomic E-state index is 13.7. The van der Waals surface area contributed by atoms with E-state index in [1.165, 1.54) is 12.1 Å². The molecule has 0 heterocycles. The number of rotatable bonds is 4. The first kappa shape index (κ1) is 15.2. The molecule has 0 aliphatic heterocycles. The van der Waals surface area contributed by atoms with Gasteiger partial charge in [-0.2, -0.15) is 5.26 Å². The summed E-state index contributed by atoms with van der Waals surface area (Å²) < 4.78 is 14.1. The van der Waals surface area contributed by atoms with Gasteiger partial charge in [-0.3, -0.25) is 4.79 Å². The maximum absolute atomic E-state index is 13.7. The van der Waals surface area contributed by atoms with E-state index in [9.17, 15) is 9.18 Å². The van der Waals surface area contributed by atoms with E-state index in [-0.39, 0.29) is 12.1 Å².